The van der Waals surface area contributed by atoms with Crippen LogP contribution in [0, 0.1) is 20.8 Å². The summed E-state index contributed by atoms with van der Waals surface area (Å²) in [5.74, 6) is -0.530. The summed E-state index contributed by atoms with van der Waals surface area (Å²) in [5.41, 5.74) is 15.7. The zero-order chi connectivity index (χ0) is 28.9. The third-order valence-corrected chi connectivity index (χ3v) is 8.87. The minimum Gasteiger partial charge on any atom is -0.307 e. The lowest BCUT2D eigenvalue weighted by molar-refractivity contribution is -0.122. The van der Waals surface area contributed by atoms with Crippen molar-refractivity contribution in [2.24, 2.45) is 5.73 Å². The minimum atomic E-state index is -3.80. The lowest BCUT2D eigenvalue weighted by atomic mass is 9.97. The predicted molar refractivity (Wildman–Crippen MR) is 153 cm³/mol. The van der Waals surface area contributed by atoms with Crippen LogP contribution in [-0.2, 0) is 21.2 Å². The van der Waals surface area contributed by atoms with Gasteiger partial charge in [-0.1, -0.05) is 31.5 Å². The number of pyridine rings is 1. The number of nitrogens with zero attached hydrogens (tertiary/aromatic N) is 3. The zero-order valence-electron chi connectivity index (χ0n) is 23.0. The molecule has 0 saturated carbocycles. The van der Waals surface area contributed by atoms with Gasteiger partial charge >= 0.3 is 6.03 Å². The van der Waals surface area contributed by atoms with E-state index >= 15 is 0 Å². The topological polar surface area (TPSA) is 139 Å². The number of benzene rings is 2. The summed E-state index contributed by atoms with van der Waals surface area (Å²) in [5, 5.41) is 3.46. The maximum Gasteiger partial charge on any atom is 0.343 e. The molecule has 0 aliphatic carbocycles. The van der Waals surface area contributed by atoms with Gasteiger partial charge in [0.2, 0.25) is 0 Å². The molecule has 2 aromatic heterocycles. The summed E-state index contributed by atoms with van der Waals surface area (Å²) in [6.07, 6.45) is 1.16. The Hall–Kier alpha value is -4.06. The monoisotopic (exact) mass is 560 g/mol. The van der Waals surface area contributed by atoms with Crippen LogP contribution in [-0.4, -0.2) is 35.5 Å². The largest absolute Gasteiger partial charge is 0.343 e. The van der Waals surface area contributed by atoms with Crippen molar-refractivity contribution in [2.75, 3.05) is 5.01 Å². The molecule has 0 spiro atoms. The summed E-state index contributed by atoms with van der Waals surface area (Å²) in [4.78, 5) is 29.2. The number of hydrogen-bond donors (Lipinski definition) is 3. The number of nitrogens with one attached hydrogen (secondary N) is 2. The highest BCUT2D eigenvalue weighted by molar-refractivity contribution is 7.90. The van der Waals surface area contributed by atoms with Crippen LogP contribution in [0.15, 0.2) is 59.6 Å². The fraction of sp³-hybridized carbons (Fsp3) is 0.276. The molecule has 1 saturated heterocycles. The summed E-state index contributed by atoms with van der Waals surface area (Å²) in [7, 11) is -3.80. The highest BCUT2D eigenvalue weighted by Crippen LogP contribution is 2.31. The van der Waals surface area contributed by atoms with Crippen LogP contribution in [0.2, 0.25) is 0 Å². The molecule has 10 nitrogen and oxygen atoms in total. The second kappa shape index (κ2) is 10.2. The first-order valence-electron chi connectivity index (χ1n) is 13.0. The molecule has 1 aliphatic rings. The average molecular weight is 561 g/mol. The SMILES string of the molecule is Cc1ccc(S(=O)(=O)n2cc(C(C)C)c3nc(Cc4c(C)cc(N5NC(N)C(=O)NC5=O)cc4C)ccc32)cc1. The molecule has 40 heavy (non-hydrogen) atoms. The Morgan fingerprint density at radius 3 is 2.27 bits per heavy atom. The van der Waals surface area contributed by atoms with E-state index in [1.165, 1.54) is 8.98 Å². The Morgan fingerprint density at radius 1 is 1.00 bits per heavy atom. The molecule has 1 atom stereocenters. The molecular weight excluding hydrogens is 528 g/mol. The summed E-state index contributed by atoms with van der Waals surface area (Å²) >= 11 is 0. The van der Waals surface area contributed by atoms with Gasteiger partial charge in [-0.3, -0.25) is 15.1 Å². The molecule has 0 bridgehead atoms. The van der Waals surface area contributed by atoms with Gasteiger partial charge in [0.25, 0.3) is 15.9 Å². The molecule has 5 rings (SSSR count). The number of fused-ring (bicyclic) bond motifs is 1. The summed E-state index contributed by atoms with van der Waals surface area (Å²) in [6.45, 7) is 9.84. The summed E-state index contributed by atoms with van der Waals surface area (Å²) in [6, 6.07) is 13.6. The summed E-state index contributed by atoms with van der Waals surface area (Å²) < 4.78 is 28.4. The first-order chi connectivity index (χ1) is 18.9. The molecule has 1 fully saturated rings. The number of carbonyl (C=O) groups excluding carboxylic acids is 2. The number of rotatable bonds is 6. The number of aryl methyl sites for hydroxylation is 3. The van der Waals surface area contributed by atoms with Gasteiger partial charge in [-0.05, 0) is 85.3 Å². The fourth-order valence-corrected chi connectivity index (χ4v) is 6.30. The van der Waals surface area contributed by atoms with Crippen molar-refractivity contribution in [3.05, 3.63) is 88.2 Å². The van der Waals surface area contributed by atoms with E-state index in [0.717, 1.165) is 33.5 Å². The number of carbonyl (C=O) groups is 2. The number of hydrogen-bond acceptors (Lipinski definition) is 7. The van der Waals surface area contributed by atoms with Crippen LogP contribution >= 0.6 is 0 Å². The van der Waals surface area contributed by atoms with Gasteiger partial charge in [0, 0.05) is 18.3 Å². The van der Waals surface area contributed by atoms with Gasteiger partial charge in [-0.2, -0.15) is 5.43 Å². The normalized spacial score (nSPS) is 16.2. The molecule has 0 radical (unpaired) electrons. The Balaban J connectivity index is 1.51. The van der Waals surface area contributed by atoms with E-state index in [1.54, 1.807) is 30.5 Å². The van der Waals surface area contributed by atoms with Gasteiger partial charge in [0.05, 0.1) is 21.6 Å². The molecule has 4 N–H and O–H groups in total. The molecule has 1 unspecified atom stereocenters. The number of anilines is 1. The quantitative estimate of drug-likeness (QED) is 0.326. The van der Waals surface area contributed by atoms with Gasteiger partial charge < -0.3 is 5.73 Å². The lowest BCUT2D eigenvalue weighted by Gasteiger charge is -2.31. The van der Waals surface area contributed by atoms with E-state index in [0.29, 0.717) is 23.1 Å². The van der Waals surface area contributed by atoms with Crippen LogP contribution in [0.3, 0.4) is 0 Å². The lowest BCUT2D eigenvalue weighted by Crippen LogP contribution is -2.67. The van der Waals surface area contributed by atoms with E-state index in [9.17, 15) is 18.0 Å². The number of urea groups is 1. The van der Waals surface area contributed by atoms with Crippen molar-refractivity contribution in [1.82, 2.24) is 19.7 Å². The van der Waals surface area contributed by atoms with Crippen molar-refractivity contribution < 1.29 is 18.0 Å². The van der Waals surface area contributed by atoms with Crippen molar-refractivity contribution in [3.63, 3.8) is 0 Å². The van der Waals surface area contributed by atoms with Crippen LogP contribution in [0.25, 0.3) is 11.0 Å². The second-order valence-corrected chi connectivity index (χ2v) is 12.3. The molecule has 11 heteroatoms. The molecule has 208 valence electrons. The number of amides is 3. The predicted octanol–water partition coefficient (Wildman–Crippen LogP) is 3.76. The van der Waals surface area contributed by atoms with Crippen LogP contribution in [0.4, 0.5) is 10.5 Å². The van der Waals surface area contributed by atoms with Crippen LogP contribution in [0.5, 0.6) is 0 Å². The van der Waals surface area contributed by atoms with E-state index in [4.69, 9.17) is 10.7 Å². The number of nitrogens with two attached hydrogens (primary N) is 1. The number of imide groups is 1. The highest BCUT2D eigenvalue weighted by Gasteiger charge is 2.30. The zero-order valence-corrected chi connectivity index (χ0v) is 23.8. The Morgan fingerprint density at radius 2 is 1.65 bits per heavy atom. The van der Waals surface area contributed by atoms with E-state index in [1.807, 2.05) is 58.9 Å². The van der Waals surface area contributed by atoms with Crippen molar-refractivity contribution >= 4 is 38.7 Å². The Labute approximate surface area is 233 Å². The molecule has 3 amide bonds. The standard InChI is InChI=1S/C29H32N6O4S/c1-16(2)24-15-34(40(38,39)22-9-6-17(3)7-10-22)25-11-8-20(31-26(24)25)14-23-18(4)12-21(13-19(23)5)35-29(37)32-28(36)27(30)33-35/h6-13,15-16,27,33H,14,30H2,1-5H3,(H,32,36,37). The van der Waals surface area contributed by atoms with Gasteiger partial charge in [-0.15, -0.1) is 0 Å². The molecular formula is C29H32N6O4S. The van der Waals surface area contributed by atoms with Gasteiger partial charge in [0.15, 0.2) is 6.17 Å². The van der Waals surface area contributed by atoms with Crippen LogP contribution < -0.4 is 21.5 Å². The molecule has 2 aromatic carbocycles. The number of hydrazine groups is 1. The smallest absolute Gasteiger partial charge is 0.307 e. The first kappa shape index (κ1) is 27.5. The van der Waals surface area contributed by atoms with Gasteiger partial charge in [0.1, 0.15) is 0 Å². The van der Waals surface area contributed by atoms with E-state index in [-0.39, 0.29) is 10.8 Å². The second-order valence-electron chi connectivity index (χ2n) is 10.5. The molecule has 1 aliphatic heterocycles. The fourth-order valence-electron chi connectivity index (χ4n) is 4.93. The number of aromatic nitrogens is 2. The first-order valence-corrected chi connectivity index (χ1v) is 14.4. The molecule has 4 aromatic rings. The van der Waals surface area contributed by atoms with Crippen LogP contribution in [0.1, 0.15) is 53.3 Å². The van der Waals surface area contributed by atoms with Gasteiger partial charge in [-0.25, -0.2) is 22.2 Å². The van der Waals surface area contributed by atoms with Crippen molar-refractivity contribution in [3.8, 4) is 0 Å². The minimum absolute atomic E-state index is 0.0592. The maximum absolute atomic E-state index is 13.6. The Kier molecular flexibility index (Phi) is 6.99. The van der Waals surface area contributed by atoms with E-state index in [2.05, 4.69) is 10.7 Å². The van der Waals surface area contributed by atoms with Crippen molar-refractivity contribution in [1.29, 1.82) is 0 Å². The average Bonchev–Trinajstić information content (AvgIpc) is 3.28. The third kappa shape index (κ3) is 4.87. The Bertz CT molecular complexity index is 1740. The van der Waals surface area contributed by atoms with E-state index < -0.39 is 28.1 Å². The third-order valence-electron chi connectivity index (χ3n) is 7.18. The molecule has 3 heterocycles. The highest BCUT2D eigenvalue weighted by atomic mass is 32.2. The maximum atomic E-state index is 13.6. The van der Waals surface area contributed by atoms with Crippen molar-refractivity contribution in [2.45, 2.75) is 58.0 Å².